The van der Waals surface area contributed by atoms with Crippen molar-refractivity contribution in [2.45, 2.75) is 38.1 Å². The highest BCUT2D eigenvalue weighted by atomic mass is 35.5. The second kappa shape index (κ2) is 9.11. The SMILES string of the molecule is CC(C)(CO)NC(=O)N1CCC1OC(c1ccccc1Cl)c1cccc(Cl)c1Cl. The van der Waals surface area contributed by atoms with Crippen molar-refractivity contribution in [3.8, 4) is 0 Å². The number of rotatable bonds is 6. The lowest BCUT2D eigenvalue weighted by molar-refractivity contribution is -0.121. The number of aliphatic hydroxyl groups excluding tert-OH is 1. The van der Waals surface area contributed by atoms with Gasteiger partial charge in [0.1, 0.15) is 12.3 Å². The predicted octanol–water partition coefficient (Wildman–Crippen LogP) is 5.27. The lowest BCUT2D eigenvalue weighted by atomic mass is 10.0. The van der Waals surface area contributed by atoms with Crippen LogP contribution in [0.15, 0.2) is 42.5 Å². The third-order valence-electron chi connectivity index (χ3n) is 4.81. The summed E-state index contributed by atoms with van der Waals surface area (Å²) in [7, 11) is 0. The number of hydrogen-bond acceptors (Lipinski definition) is 3. The quantitative estimate of drug-likeness (QED) is 0.621. The Balaban J connectivity index is 1.88. The van der Waals surface area contributed by atoms with E-state index in [1.165, 1.54) is 0 Å². The molecule has 2 atom stereocenters. The van der Waals surface area contributed by atoms with Crippen molar-refractivity contribution in [2.24, 2.45) is 0 Å². The van der Waals surface area contributed by atoms with Crippen molar-refractivity contribution in [2.75, 3.05) is 13.2 Å². The van der Waals surface area contributed by atoms with Gasteiger partial charge in [0.05, 0.1) is 22.2 Å². The highest BCUT2D eigenvalue weighted by Gasteiger charge is 2.38. The maximum Gasteiger partial charge on any atom is 0.319 e. The smallest absolute Gasteiger partial charge is 0.319 e. The molecule has 1 fully saturated rings. The van der Waals surface area contributed by atoms with Crippen LogP contribution in [0.2, 0.25) is 15.1 Å². The molecule has 29 heavy (non-hydrogen) atoms. The van der Waals surface area contributed by atoms with Crippen molar-refractivity contribution in [3.63, 3.8) is 0 Å². The number of benzene rings is 2. The maximum absolute atomic E-state index is 12.6. The normalized spacial score (nSPS) is 17.6. The van der Waals surface area contributed by atoms with Crippen LogP contribution in [0.5, 0.6) is 0 Å². The summed E-state index contributed by atoms with van der Waals surface area (Å²) in [5.74, 6) is 0. The first-order valence-corrected chi connectivity index (χ1v) is 10.4. The summed E-state index contributed by atoms with van der Waals surface area (Å²) in [6.45, 7) is 3.88. The number of urea groups is 1. The van der Waals surface area contributed by atoms with E-state index in [2.05, 4.69) is 5.32 Å². The second-order valence-corrected chi connectivity index (χ2v) is 8.78. The molecule has 8 heteroatoms. The van der Waals surface area contributed by atoms with E-state index in [9.17, 15) is 9.90 Å². The molecule has 2 aromatic carbocycles. The Kier molecular flexibility index (Phi) is 6.97. The van der Waals surface area contributed by atoms with Crippen LogP contribution in [0.4, 0.5) is 4.79 Å². The third kappa shape index (κ3) is 4.98. The van der Waals surface area contributed by atoms with Crippen LogP contribution in [0.3, 0.4) is 0 Å². The number of halogens is 3. The fraction of sp³-hybridized carbons (Fsp3) is 0.381. The second-order valence-electron chi connectivity index (χ2n) is 7.59. The molecule has 0 aliphatic carbocycles. The molecule has 0 saturated carbocycles. The molecule has 2 N–H and O–H groups in total. The molecule has 2 aromatic rings. The fourth-order valence-electron chi connectivity index (χ4n) is 3.02. The van der Waals surface area contributed by atoms with E-state index in [1.807, 2.05) is 24.3 Å². The molecule has 5 nitrogen and oxygen atoms in total. The van der Waals surface area contributed by atoms with Gasteiger partial charge in [-0.3, -0.25) is 4.90 Å². The number of nitrogens with zero attached hydrogens (tertiary/aromatic N) is 1. The van der Waals surface area contributed by atoms with Gasteiger partial charge in [0.25, 0.3) is 0 Å². The van der Waals surface area contributed by atoms with Crippen LogP contribution in [-0.2, 0) is 4.74 Å². The number of likely N-dealkylation sites (tertiary alicyclic amines) is 1. The zero-order valence-electron chi connectivity index (χ0n) is 16.2. The zero-order chi connectivity index (χ0) is 21.2. The van der Waals surface area contributed by atoms with Gasteiger partial charge in [-0.15, -0.1) is 0 Å². The first kappa shape index (κ1) is 22.2. The summed E-state index contributed by atoms with van der Waals surface area (Å²) in [6.07, 6.45) is -0.381. The van der Waals surface area contributed by atoms with E-state index < -0.39 is 17.9 Å². The molecular weight excluding hydrogens is 435 g/mol. The Morgan fingerprint density at radius 3 is 2.45 bits per heavy atom. The minimum atomic E-state index is -0.727. The molecule has 1 aliphatic rings. The van der Waals surface area contributed by atoms with Gasteiger partial charge in [-0.1, -0.05) is 65.1 Å². The van der Waals surface area contributed by atoms with Gasteiger partial charge in [0.2, 0.25) is 0 Å². The van der Waals surface area contributed by atoms with Gasteiger partial charge in [0.15, 0.2) is 0 Å². The van der Waals surface area contributed by atoms with Crippen molar-refractivity contribution in [3.05, 3.63) is 68.7 Å². The number of carbonyl (C=O) groups excluding carboxylic acids is 1. The summed E-state index contributed by atoms with van der Waals surface area (Å²) in [4.78, 5) is 14.2. The summed E-state index contributed by atoms with van der Waals surface area (Å²) in [5.41, 5.74) is 0.687. The van der Waals surface area contributed by atoms with E-state index in [1.54, 1.807) is 36.9 Å². The Morgan fingerprint density at radius 2 is 1.83 bits per heavy atom. The third-order valence-corrected chi connectivity index (χ3v) is 5.99. The van der Waals surface area contributed by atoms with Gasteiger partial charge < -0.3 is 15.2 Å². The van der Waals surface area contributed by atoms with Gasteiger partial charge in [-0.05, 0) is 26.0 Å². The molecule has 1 heterocycles. The van der Waals surface area contributed by atoms with Crippen molar-refractivity contribution < 1.29 is 14.6 Å². The van der Waals surface area contributed by atoms with Crippen molar-refractivity contribution in [1.82, 2.24) is 10.2 Å². The molecule has 0 radical (unpaired) electrons. The molecule has 1 aliphatic heterocycles. The lowest BCUT2D eigenvalue weighted by Gasteiger charge is -2.43. The summed E-state index contributed by atoms with van der Waals surface area (Å²) in [6, 6.07) is 12.4. The first-order valence-electron chi connectivity index (χ1n) is 9.27. The standard InChI is InChI=1S/C21H23Cl3N2O3/c1-21(2,12-27)25-20(28)26-11-10-17(26)29-19(13-6-3-4-8-15(13)22)14-7-5-9-16(23)18(14)24/h3-9,17,19,27H,10-12H2,1-2H3,(H,25,28). The molecule has 0 bridgehead atoms. The fourth-order valence-corrected chi connectivity index (χ4v) is 3.66. The Bertz CT molecular complexity index is 891. The topological polar surface area (TPSA) is 61.8 Å². The molecule has 2 amide bonds. The van der Waals surface area contributed by atoms with Crippen LogP contribution in [0.25, 0.3) is 0 Å². The van der Waals surface area contributed by atoms with Crippen LogP contribution in [0.1, 0.15) is 37.5 Å². The maximum atomic E-state index is 12.6. The monoisotopic (exact) mass is 456 g/mol. The first-order chi connectivity index (χ1) is 13.7. The zero-order valence-corrected chi connectivity index (χ0v) is 18.4. The average Bonchev–Trinajstić information content (AvgIpc) is 2.65. The number of carbonyl (C=O) groups is 1. The van der Waals surface area contributed by atoms with Gasteiger partial charge in [0, 0.05) is 29.1 Å². The largest absolute Gasteiger partial charge is 0.394 e. The molecule has 2 unspecified atom stereocenters. The van der Waals surface area contributed by atoms with Gasteiger partial charge >= 0.3 is 6.03 Å². The van der Waals surface area contributed by atoms with Crippen LogP contribution >= 0.6 is 34.8 Å². The highest BCUT2D eigenvalue weighted by molar-refractivity contribution is 6.42. The molecule has 156 valence electrons. The van der Waals surface area contributed by atoms with E-state index in [0.717, 1.165) is 5.56 Å². The molecule has 0 aromatic heterocycles. The minimum absolute atomic E-state index is 0.168. The van der Waals surface area contributed by atoms with Crippen molar-refractivity contribution >= 4 is 40.8 Å². The Labute approximate surface area is 185 Å². The molecular formula is C21H23Cl3N2O3. The lowest BCUT2D eigenvalue weighted by Crippen LogP contribution is -2.60. The van der Waals surface area contributed by atoms with E-state index in [4.69, 9.17) is 39.5 Å². The number of nitrogens with one attached hydrogen (secondary N) is 1. The van der Waals surface area contributed by atoms with E-state index >= 15 is 0 Å². The van der Waals surface area contributed by atoms with Crippen LogP contribution < -0.4 is 5.32 Å². The minimum Gasteiger partial charge on any atom is -0.394 e. The van der Waals surface area contributed by atoms with E-state index in [0.29, 0.717) is 33.6 Å². The highest BCUT2D eigenvalue weighted by Crippen LogP contribution is 2.40. The average molecular weight is 458 g/mol. The molecule has 3 rings (SSSR count). The Hall–Kier alpha value is -1.50. The Morgan fingerprint density at radius 1 is 1.17 bits per heavy atom. The molecule has 0 spiro atoms. The number of aliphatic hydroxyl groups is 1. The molecule has 1 saturated heterocycles. The number of ether oxygens (including phenoxy) is 1. The summed E-state index contributed by atoms with van der Waals surface area (Å²) in [5, 5.41) is 13.5. The van der Waals surface area contributed by atoms with E-state index in [-0.39, 0.29) is 12.6 Å². The summed E-state index contributed by atoms with van der Waals surface area (Å²) >= 11 is 19.1. The summed E-state index contributed by atoms with van der Waals surface area (Å²) < 4.78 is 6.33. The van der Waals surface area contributed by atoms with Gasteiger partial charge in [-0.25, -0.2) is 4.79 Å². The van der Waals surface area contributed by atoms with Gasteiger partial charge in [-0.2, -0.15) is 0 Å². The van der Waals surface area contributed by atoms with Crippen LogP contribution in [-0.4, -0.2) is 41.0 Å². The number of amides is 2. The van der Waals surface area contributed by atoms with Crippen LogP contribution in [0, 0.1) is 0 Å². The number of hydrogen-bond donors (Lipinski definition) is 2. The predicted molar refractivity (Wildman–Crippen MR) is 116 cm³/mol. The van der Waals surface area contributed by atoms with Crippen molar-refractivity contribution in [1.29, 1.82) is 0 Å².